The number of nitrogens with one attached hydrogen (secondary N) is 2. The lowest BCUT2D eigenvalue weighted by molar-refractivity contribution is -0.0450. The summed E-state index contributed by atoms with van der Waals surface area (Å²) < 4.78 is 73.8. The Morgan fingerprint density at radius 1 is 1.00 bits per heavy atom. The minimum absolute atomic E-state index is 0.0207. The lowest BCUT2D eigenvalue weighted by Crippen LogP contribution is -2.38. The molecule has 0 spiro atoms. The third kappa shape index (κ3) is 5.38. The van der Waals surface area contributed by atoms with Gasteiger partial charge in [-0.1, -0.05) is 12.2 Å². The topological polar surface area (TPSA) is 269 Å². The van der Waals surface area contributed by atoms with Gasteiger partial charge in [0.25, 0.3) is 5.56 Å². The maximum atomic E-state index is 13.4. The standard InChI is InChI=1S/C20H24N11O9PS2/c21-15-13-16(24-5-23-15)30(6-25-13)12-2-9-11(38-12)4-36-41(33,42)39-10-1-8(3-27-43(34,35)40-9)37-19(10)31-7-26-14-17(31)28-20(22)29-18(14)32/h5-12,19,27H,1-4H2,(H,33,42)(H2,21,23,24)(H3,22,28,29,32)/t8-,9-,10+,11+,12+,19+,41+/m0/s1. The molecule has 230 valence electrons. The van der Waals surface area contributed by atoms with E-state index in [9.17, 15) is 17.8 Å². The summed E-state index contributed by atoms with van der Waals surface area (Å²) >= 11 is 4.15. The van der Waals surface area contributed by atoms with Gasteiger partial charge in [-0.15, -0.1) is 0 Å². The van der Waals surface area contributed by atoms with Crippen molar-refractivity contribution >= 4 is 63.4 Å². The zero-order valence-electron chi connectivity index (χ0n) is 21.8. The molecule has 23 heteroatoms. The van der Waals surface area contributed by atoms with Crippen LogP contribution in [-0.2, 0) is 37.6 Å². The van der Waals surface area contributed by atoms with Gasteiger partial charge < -0.3 is 20.9 Å². The summed E-state index contributed by atoms with van der Waals surface area (Å²) in [5.41, 5.74) is 11.8. The molecule has 2 bridgehead atoms. The molecule has 0 aromatic carbocycles. The van der Waals surface area contributed by atoms with E-state index in [0.29, 0.717) is 11.2 Å². The van der Waals surface area contributed by atoms with Crippen molar-refractivity contribution in [3.05, 3.63) is 29.3 Å². The normalized spacial score (nSPS) is 33.1. The van der Waals surface area contributed by atoms with E-state index in [4.69, 9.17) is 34.2 Å². The molecule has 3 fully saturated rings. The van der Waals surface area contributed by atoms with Gasteiger partial charge in [-0.05, 0) is 0 Å². The van der Waals surface area contributed by atoms with E-state index in [1.807, 2.05) is 0 Å². The number of aromatic amines is 1. The fraction of sp³-hybridized carbons (Fsp3) is 0.500. The van der Waals surface area contributed by atoms with Crippen LogP contribution in [0, 0.1) is 0 Å². The van der Waals surface area contributed by atoms with Crippen molar-refractivity contribution in [1.82, 2.24) is 43.8 Å². The highest BCUT2D eigenvalue weighted by Gasteiger charge is 2.46. The van der Waals surface area contributed by atoms with E-state index in [-0.39, 0.29) is 42.3 Å². The highest BCUT2D eigenvalue weighted by Crippen LogP contribution is 2.57. The van der Waals surface area contributed by atoms with Crippen LogP contribution in [0.2, 0.25) is 0 Å². The number of nitrogen functional groups attached to an aromatic ring is 2. The summed E-state index contributed by atoms with van der Waals surface area (Å²) in [6.45, 7) is -4.76. The fourth-order valence-electron chi connectivity index (χ4n) is 5.28. The van der Waals surface area contributed by atoms with Crippen molar-refractivity contribution in [3.8, 4) is 0 Å². The molecule has 3 saturated heterocycles. The van der Waals surface area contributed by atoms with Crippen LogP contribution in [0.4, 0.5) is 11.8 Å². The third-order valence-corrected chi connectivity index (χ3v) is 9.82. The number of H-pyrrole nitrogens is 1. The quantitative estimate of drug-likeness (QED) is 0.133. The van der Waals surface area contributed by atoms with Gasteiger partial charge in [0.15, 0.2) is 28.9 Å². The first-order chi connectivity index (χ1) is 20.5. The van der Waals surface area contributed by atoms with Crippen LogP contribution in [0.15, 0.2) is 23.8 Å². The minimum Gasteiger partial charge on any atom is -0.382 e. The van der Waals surface area contributed by atoms with Crippen molar-refractivity contribution in [2.45, 2.75) is 49.7 Å². The molecular formula is C20H24N11O9PS2. The minimum atomic E-state index is -4.35. The number of aromatic nitrogens is 8. The van der Waals surface area contributed by atoms with Crippen molar-refractivity contribution in [1.29, 1.82) is 0 Å². The molecule has 6 N–H and O–H groups in total. The van der Waals surface area contributed by atoms with E-state index >= 15 is 0 Å². The average Bonchev–Trinajstić information content (AvgIpc) is 3.71. The summed E-state index contributed by atoms with van der Waals surface area (Å²) in [6.07, 6.45) is -1.63. The summed E-state index contributed by atoms with van der Waals surface area (Å²) in [5, 5.41) is 0. The molecular weight excluding hydrogens is 633 g/mol. The van der Waals surface area contributed by atoms with E-state index in [2.05, 4.69) is 46.9 Å². The molecule has 7 heterocycles. The Kier molecular flexibility index (Phi) is 6.94. The van der Waals surface area contributed by atoms with Gasteiger partial charge in [-0.25, -0.2) is 24.5 Å². The maximum absolute atomic E-state index is 13.4. The number of rotatable bonds is 2. The van der Waals surface area contributed by atoms with Crippen LogP contribution in [-0.4, -0.2) is 85.0 Å². The van der Waals surface area contributed by atoms with Crippen molar-refractivity contribution in [2.75, 3.05) is 24.6 Å². The molecule has 7 atom stereocenters. The smallest absolute Gasteiger partial charge is 0.382 e. The van der Waals surface area contributed by atoms with Crippen molar-refractivity contribution in [3.63, 3.8) is 0 Å². The molecule has 0 amide bonds. The Bertz CT molecular complexity index is 1930. The molecule has 43 heavy (non-hydrogen) atoms. The number of anilines is 2. The van der Waals surface area contributed by atoms with Crippen LogP contribution >= 0.6 is 19.0 Å². The SMILES string of the molecule is Nc1nc2c(ncn2[C@@H]2O[C@@H]3CNS(=O)(=O)O[C@H]4C[C@H](n5cnc6c(N)ncnc65)O[C@@H]4CO[P@@](=O)(S)O[C@@H]2C3)c(=O)[nH]1. The number of imidazole rings is 2. The van der Waals surface area contributed by atoms with Crippen molar-refractivity contribution < 1.29 is 35.7 Å². The maximum Gasteiger partial charge on any atom is 0.386 e. The number of nitrogens with zero attached hydrogens (tertiary/aromatic N) is 7. The third-order valence-electron chi connectivity index (χ3n) is 7.16. The lowest BCUT2D eigenvalue weighted by atomic mass is 10.2. The molecule has 3 aliphatic rings. The van der Waals surface area contributed by atoms with E-state index in [1.165, 1.54) is 23.5 Å². The van der Waals surface area contributed by atoms with Crippen LogP contribution < -0.4 is 21.7 Å². The van der Waals surface area contributed by atoms with Gasteiger partial charge in [0.2, 0.25) is 5.95 Å². The van der Waals surface area contributed by atoms with Gasteiger partial charge in [-0.2, -0.15) is 18.1 Å². The first-order valence-electron chi connectivity index (χ1n) is 12.8. The predicted octanol–water partition coefficient (Wildman–Crippen LogP) is -0.628. The van der Waals surface area contributed by atoms with Gasteiger partial charge in [0.1, 0.15) is 36.4 Å². The number of hydrogen-bond acceptors (Lipinski definition) is 16. The van der Waals surface area contributed by atoms with Gasteiger partial charge in [0, 0.05) is 19.4 Å². The Labute approximate surface area is 246 Å². The lowest BCUT2D eigenvalue weighted by Gasteiger charge is -2.25. The Morgan fingerprint density at radius 3 is 2.63 bits per heavy atom. The monoisotopic (exact) mass is 657 g/mol. The fourth-order valence-corrected chi connectivity index (χ4v) is 7.76. The molecule has 0 unspecified atom stereocenters. The molecule has 0 saturated carbocycles. The molecule has 7 rings (SSSR count). The van der Waals surface area contributed by atoms with E-state index < -0.39 is 66.1 Å². The molecule has 20 nitrogen and oxygen atoms in total. The second-order valence-electron chi connectivity index (χ2n) is 9.95. The van der Waals surface area contributed by atoms with E-state index in [0.717, 1.165) is 0 Å². The average molecular weight is 658 g/mol. The first-order valence-corrected chi connectivity index (χ1v) is 16.9. The Morgan fingerprint density at radius 2 is 1.79 bits per heavy atom. The van der Waals surface area contributed by atoms with Crippen LogP contribution in [0.3, 0.4) is 0 Å². The number of thiol groups is 1. The second-order valence-corrected chi connectivity index (χ2v) is 14.2. The number of fused-ring (bicyclic) bond motifs is 5. The summed E-state index contributed by atoms with van der Waals surface area (Å²) in [4.78, 5) is 35.2. The highest BCUT2D eigenvalue weighted by atomic mass is 32.7. The van der Waals surface area contributed by atoms with Crippen LogP contribution in [0.25, 0.3) is 22.3 Å². The largest absolute Gasteiger partial charge is 0.386 e. The first kappa shape index (κ1) is 28.6. The summed E-state index contributed by atoms with van der Waals surface area (Å²) in [5.74, 6) is -0.000681. The molecule has 0 aliphatic carbocycles. The zero-order valence-corrected chi connectivity index (χ0v) is 24.4. The van der Waals surface area contributed by atoms with Crippen molar-refractivity contribution in [2.24, 2.45) is 0 Å². The highest BCUT2D eigenvalue weighted by molar-refractivity contribution is 8.44. The Hall–Kier alpha value is -3.21. The zero-order chi connectivity index (χ0) is 30.1. The number of hydrogen-bond donors (Lipinski definition) is 5. The van der Waals surface area contributed by atoms with Gasteiger partial charge in [0.05, 0.1) is 25.4 Å². The summed E-state index contributed by atoms with van der Waals surface area (Å²) in [6, 6.07) is 0. The molecule has 4 aromatic heterocycles. The van der Waals surface area contributed by atoms with E-state index in [1.54, 1.807) is 4.57 Å². The second kappa shape index (κ2) is 10.5. The van der Waals surface area contributed by atoms with Crippen LogP contribution in [0.1, 0.15) is 25.3 Å². The van der Waals surface area contributed by atoms with Crippen LogP contribution in [0.5, 0.6) is 0 Å². The number of ether oxygens (including phenoxy) is 2. The molecule has 4 aromatic rings. The predicted molar refractivity (Wildman–Crippen MR) is 149 cm³/mol. The molecule has 3 aliphatic heterocycles. The van der Waals surface area contributed by atoms with Gasteiger partial charge >= 0.3 is 17.1 Å². The Balaban J connectivity index is 1.17. The summed E-state index contributed by atoms with van der Waals surface area (Å²) in [7, 11) is -4.35. The van der Waals surface area contributed by atoms with Gasteiger partial charge in [-0.3, -0.25) is 32.1 Å². The number of nitrogens with two attached hydrogens (primary N) is 2. The molecule has 0 radical (unpaired) electrons.